The molecule has 74 valence electrons. The van der Waals surface area contributed by atoms with Gasteiger partial charge in [-0.05, 0) is 19.5 Å². The average Bonchev–Trinajstić information content (AvgIpc) is 2.16. The van der Waals surface area contributed by atoms with Crippen LogP contribution in [0.5, 0.6) is 0 Å². The predicted octanol–water partition coefficient (Wildman–Crippen LogP) is 2.42. The van der Waals surface area contributed by atoms with Gasteiger partial charge in [0.1, 0.15) is 0 Å². The van der Waals surface area contributed by atoms with Crippen molar-refractivity contribution in [1.29, 1.82) is 0 Å². The van der Waals surface area contributed by atoms with E-state index in [0.29, 0.717) is 6.54 Å². The zero-order valence-electron chi connectivity index (χ0n) is 8.25. The molecule has 0 radical (unpaired) electrons. The van der Waals surface area contributed by atoms with Gasteiger partial charge in [-0.15, -0.1) is 0 Å². The van der Waals surface area contributed by atoms with Gasteiger partial charge in [-0.25, -0.2) is 0 Å². The summed E-state index contributed by atoms with van der Waals surface area (Å²) in [7, 11) is 1.99. The second-order valence-corrected chi connectivity index (χ2v) is 5.88. The summed E-state index contributed by atoms with van der Waals surface area (Å²) in [5.74, 6) is 0.220. The number of halogens is 1. The molecule has 0 aliphatic carbocycles. The molecule has 3 heteroatoms. The van der Waals surface area contributed by atoms with Gasteiger partial charge < -0.3 is 0 Å². The number of hydrogen-bond donors (Lipinski definition) is 0. The van der Waals surface area contributed by atoms with Crippen LogP contribution in [0.4, 0.5) is 0 Å². The minimum absolute atomic E-state index is 0.0672. The van der Waals surface area contributed by atoms with Crippen LogP contribution < -0.4 is 0 Å². The van der Waals surface area contributed by atoms with Crippen molar-refractivity contribution in [2.24, 2.45) is 0 Å². The van der Waals surface area contributed by atoms with E-state index in [1.165, 1.54) is 0 Å². The fourth-order valence-corrected chi connectivity index (χ4v) is 2.42. The van der Waals surface area contributed by atoms with Crippen LogP contribution in [0.25, 0.3) is 0 Å². The van der Waals surface area contributed by atoms with Gasteiger partial charge in [-0.3, -0.25) is 9.69 Å². The first-order valence-electron chi connectivity index (χ1n) is 4.56. The minimum Gasteiger partial charge on any atom is -0.293 e. The van der Waals surface area contributed by atoms with Crippen molar-refractivity contribution < 1.29 is 4.79 Å². The summed E-state index contributed by atoms with van der Waals surface area (Å²) < 4.78 is -0.0672. The topological polar surface area (TPSA) is 20.3 Å². The Hall–Kier alpha value is -0.420. The molecule has 1 atom stereocenters. The van der Waals surface area contributed by atoms with Crippen LogP contribution in [-0.4, -0.2) is 24.3 Å². The number of nitrogens with zero attached hydrogens (tertiary/aromatic N) is 1. The zero-order chi connectivity index (χ0) is 10.3. The number of fused-ring (bicyclic) bond motifs is 1. The van der Waals surface area contributed by atoms with Gasteiger partial charge in [0.25, 0.3) is 0 Å². The summed E-state index contributed by atoms with van der Waals surface area (Å²) in [6.07, 6.45) is 0. The molecule has 0 N–H and O–H groups in total. The summed E-state index contributed by atoms with van der Waals surface area (Å²) >= 11 is 2.39. The highest BCUT2D eigenvalue weighted by molar-refractivity contribution is 14.1. The third kappa shape index (κ3) is 1.39. The Morgan fingerprint density at radius 2 is 2.07 bits per heavy atom. The average molecular weight is 301 g/mol. The second kappa shape index (κ2) is 3.31. The van der Waals surface area contributed by atoms with Crippen molar-refractivity contribution in [2.45, 2.75) is 10.5 Å². The van der Waals surface area contributed by atoms with E-state index in [2.05, 4.69) is 34.4 Å². The summed E-state index contributed by atoms with van der Waals surface area (Å²) in [5, 5.41) is 0. The Kier molecular flexibility index (Phi) is 2.39. The number of ketones is 1. The van der Waals surface area contributed by atoms with E-state index in [0.717, 1.165) is 11.1 Å². The third-order valence-corrected chi connectivity index (χ3v) is 4.22. The van der Waals surface area contributed by atoms with E-state index in [-0.39, 0.29) is 9.33 Å². The van der Waals surface area contributed by atoms with E-state index in [1.54, 1.807) is 0 Å². The largest absolute Gasteiger partial charge is 0.293 e. The Morgan fingerprint density at radius 3 is 2.79 bits per heavy atom. The van der Waals surface area contributed by atoms with Crippen LogP contribution in [0.2, 0.25) is 0 Å². The van der Waals surface area contributed by atoms with Crippen LogP contribution in [0.15, 0.2) is 24.3 Å². The fourth-order valence-electron chi connectivity index (χ4n) is 1.78. The van der Waals surface area contributed by atoms with Crippen LogP contribution in [0, 0.1) is 0 Å². The van der Waals surface area contributed by atoms with Gasteiger partial charge in [0.15, 0.2) is 5.78 Å². The predicted molar refractivity (Wildman–Crippen MR) is 64.8 cm³/mol. The molecule has 1 heterocycles. The smallest absolute Gasteiger partial charge is 0.177 e. The first kappa shape index (κ1) is 10.1. The molecule has 0 bridgehead atoms. The molecular formula is C11H12INO. The maximum Gasteiger partial charge on any atom is 0.177 e. The molecule has 1 aliphatic heterocycles. The number of rotatable bonds is 0. The quantitative estimate of drug-likeness (QED) is 0.417. The highest BCUT2D eigenvalue weighted by atomic mass is 127. The van der Waals surface area contributed by atoms with E-state index in [4.69, 9.17) is 0 Å². The first-order chi connectivity index (χ1) is 6.53. The van der Waals surface area contributed by atoms with E-state index >= 15 is 0 Å². The summed E-state index contributed by atoms with van der Waals surface area (Å²) in [6, 6.07) is 7.87. The summed E-state index contributed by atoms with van der Waals surface area (Å²) in [4.78, 5) is 13.8. The molecule has 1 aromatic rings. The van der Waals surface area contributed by atoms with Gasteiger partial charge in [0, 0.05) is 5.56 Å². The monoisotopic (exact) mass is 301 g/mol. The molecule has 2 rings (SSSR count). The van der Waals surface area contributed by atoms with Gasteiger partial charge in [-0.2, -0.15) is 0 Å². The summed E-state index contributed by atoms with van der Waals surface area (Å²) in [6.45, 7) is 2.65. The number of carbonyl (C=O) groups excluding carboxylic acids is 1. The van der Waals surface area contributed by atoms with Crippen LogP contribution in [0.3, 0.4) is 0 Å². The number of carbonyl (C=O) groups is 1. The standard InChI is InChI=1S/C11H12INO/c1-11(12)9-6-4-3-5-8(9)10(14)7-13(11)2/h3-6H,7H2,1-2H3. The molecule has 14 heavy (non-hydrogen) atoms. The van der Waals surface area contributed by atoms with Crippen molar-refractivity contribution in [3.05, 3.63) is 35.4 Å². The lowest BCUT2D eigenvalue weighted by Crippen LogP contribution is -2.44. The highest BCUT2D eigenvalue weighted by Crippen LogP contribution is 2.39. The first-order valence-corrected chi connectivity index (χ1v) is 5.64. The van der Waals surface area contributed by atoms with Crippen LogP contribution in [0.1, 0.15) is 22.8 Å². The van der Waals surface area contributed by atoms with Crippen LogP contribution in [-0.2, 0) is 3.55 Å². The molecule has 1 unspecified atom stereocenters. The van der Waals surface area contributed by atoms with Gasteiger partial charge in [0.05, 0.1) is 10.1 Å². The third-order valence-electron chi connectivity index (χ3n) is 2.82. The van der Waals surface area contributed by atoms with E-state index in [1.807, 2.05) is 31.3 Å². The van der Waals surface area contributed by atoms with Crippen molar-refractivity contribution in [3.63, 3.8) is 0 Å². The number of likely N-dealkylation sites (N-methyl/N-ethyl adjacent to an activating group) is 1. The molecule has 0 saturated carbocycles. The van der Waals surface area contributed by atoms with Crippen molar-refractivity contribution in [2.75, 3.05) is 13.6 Å². The number of Topliss-reactive ketones (excluding diaryl/α,β-unsaturated/α-hetero) is 1. The number of benzene rings is 1. The second-order valence-electron chi connectivity index (χ2n) is 3.78. The SMILES string of the molecule is CN1CC(=O)c2ccccc2C1(C)I. The Balaban J connectivity index is 2.63. The molecule has 1 aliphatic rings. The zero-order valence-corrected chi connectivity index (χ0v) is 10.4. The number of alkyl halides is 1. The Morgan fingerprint density at radius 1 is 1.43 bits per heavy atom. The molecule has 2 nitrogen and oxygen atoms in total. The van der Waals surface area contributed by atoms with E-state index in [9.17, 15) is 4.79 Å². The van der Waals surface area contributed by atoms with Crippen molar-refractivity contribution >= 4 is 28.4 Å². The van der Waals surface area contributed by atoms with Gasteiger partial charge in [-0.1, -0.05) is 46.9 Å². The lowest BCUT2D eigenvalue weighted by molar-refractivity contribution is 0.0885. The normalized spacial score (nSPS) is 27.5. The van der Waals surface area contributed by atoms with Crippen molar-refractivity contribution in [1.82, 2.24) is 4.90 Å². The Labute approximate surface area is 97.4 Å². The minimum atomic E-state index is -0.0672. The lowest BCUT2D eigenvalue weighted by Gasteiger charge is -2.38. The molecule has 0 saturated heterocycles. The highest BCUT2D eigenvalue weighted by Gasteiger charge is 2.36. The van der Waals surface area contributed by atoms with Gasteiger partial charge in [0.2, 0.25) is 0 Å². The maximum atomic E-state index is 11.7. The summed E-state index contributed by atoms with van der Waals surface area (Å²) in [5.41, 5.74) is 2.00. The van der Waals surface area contributed by atoms with Crippen LogP contribution >= 0.6 is 22.6 Å². The maximum absolute atomic E-state index is 11.7. The molecule has 0 fully saturated rings. The fraction of sp³-hybridized carbons (Fsp3) is 0.364. The molecule has 0 aromatic heterocycles. The molecule has 1 aromatic carbocycles. The lowest BCUT2D eigenvalue weighted by atomic mass is 9.93. The molecule has 0 amide bonds. The van der Waals surface area contributed by atoms with Crippen molar-refractivity contribution in [3.8, 4) is 0 Å². The molecular weight excluding hydrogens is 289 g/mol. The molecule has 0 spiro atoms. The number of hydrogen-bond acceptors (Lipinski definition) is 2. The Bertz CT molecular complexity index is 387. The van der Waals surface area contributed by atoms with E-state index < -0.39 is 0 Å². The van der Waals surface area contributed by atoms with Gasteiger partial charge >= 0.3 is 0 Å².